The van der Waals surface area contributed by atoms with Gasteiger partial charge in [0.05, 0.1) is 18.3 Å². The Morgan fingerprint density at radius 1 is 1.23 bits per heavy atom. The molecule has 0 bridgehead atoms. The highest BCUT2D eigenvalue weighted by molar-refractivity contribution is 5.74. The number of nitrogens with zero attached hydrogens (tertiary/aromatic N) is 2. The van der Waals surface area contributed by atoms with Crippen LogP contribution in [-0.2, 0) is 6.54 Å². The molecule has 22 heavy (non-hydrogen) atoms. The summed E-state index contributed by atoms with van der Waals surface area (Å²) >= 11 is 0. The van der Waals surface area contributed by atoms with Crippen LogP contribution in [0.2, 0.25) is 0 Å². The van der Waals surface area contributed by atoms with Crippen molar-refractivity contribution in [1.29, 1.82) is 0 Å². The Hall–Kier alpha value is -2.56. The first kappa shape index (κ1) is 14.4. The molecule has 114 valence electrons. The number of rotatable bonds is 6. The SMILES string of the molecule is Cc1cc2c(=O)n(CCCCOc3ccccc3)cnc2[nH]1. The van der Waals surface area contributed by atoms with Crippen molar-refractivity contribution in [3.05, 3.63) is 58.8 Å². The number of aromatic amines is 1. The summed E-state index contributed by atoms with van der Waals surface area (Å²) in [7, 11) is 0. The average molecular weight is 297 g/mol. The molecule has 0 saturated heterocycles. The first-order chi connectivity index (χ1) is 10.7. The van der Waals surface area contributed by atoms with E-state index in [9.17, 15) is 4.79 Å². The summed E-state index contributed by atoms with van der Waals surface area (Å²) in [5, 5.41) is 0.653. The zero-order chi connectivity index (χ0) is 15.4. The summed E-state index contributed by atoms with van der Waals surface area (Å²) in [6.07, 6.45) is 3.38. The van der Waals surface area contributed by atoms with E-state index in [4.69, 9.17) is 4.74 Å². The Morgan fingerprint density at radius 2 is 2.05 bits per heavy atom. The predicted molar refractivity (Wildman–Crippen MR) is 86.3 cm³/mol. The van der Waals surface area contributed by atoms with E-state index in [1.165, 1.54) is 0 Å². The molecule has 0 amide bonds. The van der Waals surface area contributed by atoms with Crippen molar-refractivity contribution in [3.8, 4) is 5.75 Å². The Labute approximate surface area is 128 Å². The lowest BCUT2D eigenvalue weighted by Gasteiger charge is -2.07. The fraction of sp³-hybridized carbons (Fsp3) is 0.294. The van der Waals surface area contributed by atoms with Gasteiger partial charge >= 0.3 is 0 Å². The van der Waals surface area contributed by atoms with Gasteiger partial charge in [0.15, 0.2) is 0 Å². The molecule has 0 saturated carbocycles. The fourth-order valence-electron chi connectivity index (χ4n) is 2.42. The summed E-state index contributed by atoms with van der Waals surface area (Å²) in [6.45, 7) is 3.23. The molecule has 0 spiro atoms. The number of aromatic nitrogens is 3. The Kier molecular flexibility index (Phi) is 4.23. The van der Waals surface area contributed by atoms with Crippen molar-refractivity contribution in [2.24, 2.45) is 0 Å². The first-order valence-electron chi connectivity index (χ1n) is 7.46. The van der Waals surface area contributed by atoms with Gasteiger partial charge in [0.1, 0.15) is 11.4 Å². The second-order valence-electron chi connectivity index (χ2n) is 5.33. The van der Waals surface area contributed by atoms with Crippen molar-refractivity contribution in [2.45, 2.75) is 26.3 Å². The number of hydrogen-bond acceptors (Lipinski definition) is 3. The maximum absolute atomic E-state index is 12.3. The molecule has 0 radical (unpaired) electrons. The monoisotopic (exact) mass is 297 g/mol. The van der Waals surface area contributed by atoms with Crippen LogP contribution >= 0.6 is 0 Å². The quantitative estimate of drug-likeness (QED) is 0.712. The van der Waals surface area contributed by atoms with Gasteiger partial charge in [-0.1, -0.05) is 18.2 Å². The molecule has 5 heteroatoms. The van der Waals surface area contributed by atoms with Gasteiger partial charge in [-0.25, -0.2) is 4.98 Å². The van der Waals surface area contributed by atoms with Gasteiger partial charge in [0, 0.05) is 12.2 Å². The van der Waals surface area contributed by atoms with Gasteiger partial charge in [0.2, 0.25) is 0 Å². The molecule has 0 aliphatic heterocycles. The third-order valence-electron chi connectivity index (χ3n) is 3.55. The molecular formula is C17H19N3O2. The molecule has 3 rings (SSSR count). The van der Waals surface area contributed by atoms with Crippen molar-refractivity contribution < 1.29 is 4.74 Å². The molecule has 2 heterocycles. The molecule has 0 aliphatic carbocycles. The summed E-state index contributed by atoms with van der Waals surface area (Å²) in [5.74, 6) is 0.880. The number of H-pyrrole nitrogens is 1. The van der Waals surface area contributed by atoms with Crippen molar-refractivity contribution >= 4 is 11.0 Å². The molecule has 1 N–H and O–H groups in total. The lowest BCUT2D eigenvalue weighted by Crippen LogP contribution is -2.20. The van der Waals surface area contributed by atoms with Crippen molar-refractivity contribution in [1.82, 2.24) is 14.5 Å². The summed E-state index contributed by atoms with van der Waals surface area (Å²) < 4.78 is 7.30. The van der Waals surface area contributed by atoms with E-state index in [1.54, 1.807) is 10.9 Å². The topological polar surface area (TPSA) is 59.9 Å². The molecular weight excluding hydrogens is 278 g/mol. The molecule has 5 nitrogen and oxygen atoms in total. The van der Waals surface area contributed by atoms with Crippen LogP contribution in [0, 0.1) is 6.92 Å². The number of hydrogen-bond donors (Lipinski definition) is 1. The second kappa shape index (κ2) is 6.47. The number of fused-ring (bicyclic) bond motifs is 1. The van der Waals surface area contributed by atoms with E-state index in [2.05, 4.69) is 9.97 Å². The van der Waals surface area contributed by atoms with E-state index in [0.717, 1.165) is 24.3 Å². The fourth-order valence-corrected chi connectivity index (χ4v) is 2.42. The highest BCUT2D eigenvalue weighted by Crippen LogP contribution is 2.09. The Morgan fingerprint density at radius 3 is 2.86 bits per heavy atom. The van der Waals surface area contributed by atoms with Crippen LogP contribution in [0.5, 0.6) is 5.75 Å². The maximum atomic E-state index is 12.3. The van der Waals surface area contributed by atoms with Crippen LogP contribution in [0.15, 0.2) is 47.5 Å². The van der Waals surface area contributed by atoms with E-state index in [1.807, 2.05) is 43.3 Å². The minimum Gasteiger partial charge on any atom is -0.494 e. The molecule has 1 aromatic carbocycles. The molecule has 0 fully saturated rings. The van der Waals surface area contributed by atoms with Crippen LogP contribution in [0.25, 0.3) is 11.0 Å². The minimum absolute atomic E-state index is 0.0123. The van der Waals surface area contributed by atoms with Gasteiger partial charge in [-0.05, 0) is 38.0 Å². The van der Waals surface area contributed by atoms with Crippen molar-refractivity contribution in [3.63, 3.8) is 0 Å². The van der Waals surface area contributed by atoms with E-state index in [0.29, 0.717) is 24.2 Å². The van der Waals surface area contributed by atoms with Crippen LogP contribution in [0.3, 0.4) is 0 Å². The average Bonchev–Trinajstić information content (AvgIpc) is 2.91. The zero-order valence-corrected chi connectivity index (χ0v) is 12.6. The predicted octanol–water partition coefficient (Wildman–Crippen LogP) is 2.89. The van der Waals surface area contributed by atoms with Gasteiger partial charge in [-0.15, -0.1) is 0 Å². The molecule has 3 aromatic rings. The number of para-hydroxylation sites is 1. The van der Waals surface area contributed by atoms with Gasteiger partial charge in [-0.2, -0.15) is 0 Å². The van der Waals surface area contributed by atoms with E-state index < -0.39 is 0 Å². The van der Waals surface area contributed by atoms with E-state index >= 15 is 0 Å². The number of ether oxygens (including phenoxy) is 1. The van der Waals surface area contributed by atoms with Crippen LogP contribution < -0.4 is 10.3 Å². The van der Waals surface area contributed by atoms with E-state index in [-0.39, 0.29) is 5.56 Å². The summed E-state index contributed by atoms with van der Waals surface area (Å²) in [6, 6.07) is 11.6. The lowest BCUT2D eigenvalue weighted by atomic mass is 10.3. The first-order valence-corrected chi connectivity index (χ1v) is 7.46. The van der Waals surface area contributed by atoms with Crippen LogP contribution in [-0.4, -0.2) is 21.1 Å². The van der Waals surface area contributed by atoms with Crippen molar-refractivity contribution in [2.75, 3.05) is 6.61 Å². The van der Waals surface area contributed by atoms with Gasteiger partial charge in [0.25, 0.3) is 5.56 Å². The third-order valence-corrected chi connectivity index (χ3v) is 3.55. The summed E-state index contributed by atoms with van der Waals surface area (Å²) in [5.41, 5.74) is 1.62. The number of unbranched alkanes of at least 4 members (excludes halogenated alkanes) is 1. The van der Waals surface area contributed by atoms with Gasteiger partial charge < -0.3 is 9.72 Å². The molecule has 0 atom stereocenters. The smallest absolute Gasteiger partial charge is 0.262 e. The van der Waals surface area contributed by atoms with Crippen LogP contribution in [0.4, 0.5) is 0 Å². The third kappa shape index (κ3) is 3.19. The second-order valence-corrected chi connectivity index (χ2v) is 5.33. The zero-order valence-electron chi connectivity index (χ0n) is 12.6. The van der Waals surface area contributed by atoms with Crippen LogP contribution in [0.1, 0.15) is 18.5 Å². The lowest BCUT2D eigenvalue weighted by molar-refractivity contribution is 0.303. The molecule has 2 aromatic heterocycles. The standard InChI is InChI=1S/C17H19N3O2/c1-13-11-15-16(19-13)18-12-20(17(15)21)9-5-6-10-22-14-7-3-2-4-8-14/h2-4,7-8,11-12,19H,5-6,9-10H2,1H3. The van der Waals surface area contributed by atoms with Gasteiger partial charge in [-0.3, -0.25) is 9.36 Å². The normalized spacial score (nSPS) is 11.0. The minimum atomic E-state index is 0.0123. The largest absolute Gasteiger partial charge is 0.494 e. The highest BCUT2D eigenvalue weighted by atomic mass is 16.5. The summed E-state index contributed by atoms with van der Waals surface area (Å²) in [4.78, 5) is 19.7. The number of aryl methyl sites for hydroxylation is 2. The Balaban J connectivity index is 1.53. The molecule has 0 aliphatic rings. The Bertz CT molecular complexity index is 806. The maximum Gasteiger partial charge on any atom is 0.262 e. The highest BCUT2D eigenvalue weighted by Gasteiger charge is 2.06. The number of benzene rings is 1. The number of nitrogens with one attached hydrogen (secondary N) is 1. The molecule has 0 unspecified atom stereocenters.